The Balaban J connectivity index is 1.45. The molecule has 170 valence electrons. The van der Waals surface area contributed by atoms with E-state index >= 15 is 0 Å². The van der Waals surface area contributed by atoms with Gasteiger partial charge in [0.1, 0.15) is 0 Å². The maximum Gasteiger partial charge on any atom is 0.240 e. The molecule has 0 unspecified atom stereocenters. The minimum Gasteiger partial charge on any atom is -0.325 e. The Hall–Kier alpha value is -2.18. The summed E-state index contributed by atoms with van der Waals surface area (Å²) in [5.74, 6) is 0.243. The van der Waals surface area contributed by atoms with Crippen molar-refractivity contribution in [2.75, 3.05) is 51.1 Å². The predicted octanol–water partition coefficient (Wildman–Crippen LogP) is 3.56. The first kappa shape index (κ1) is 23.5. The van der Waals surface area contributed by atoms with Gasteiger partial charge in [0, 0.05) is 44.1 Å². The van der Waals surface area contributed by atoms with Gasteiger partial charge in [0.15, 0.2) is 0 Å². The van der Waals surface area contributed by atoms with Crippen LogP contribution in [-0.4, -0.2) is 72.3 Å². The predicted molar refractivity (Wildman–Crippen MR) is 126 cm³/mol. The van der Waals surface area contributed by atoms with Crippen molar-refractivity contribution in [1.82, 2.24) is 14.7 Å². The van der Waals surface area contributed by atoms with Crippen LogP contribution in [0.4, 0.5) is 5.69 Å². The molecule has 31 heavy (non-hydrogen) atoms. The highest BCUT2D eigenvalue weighted by atomic mass is 16.2. The lowest BCUT2D eigenvalue weighted by atomic mass is 10.0. The van der Waals surface area contributed by atoms with Crippen molar-refractivity contribution >= 4 is 17.5 Å². The number of aryl methyl sites for hydroxylation is 1. The van der Waals surface area contributed by atoms with Crippen molar-refractivity contribution in [3.63, 3.8) is 0 Å². The number of hydrogen-bond donors (Lipinski definition) is 1. The average molecular weight is 427 g/mol. The number of hydrogen-bond acceptors (Lipinski definition) is 4. The second-order valence-corrected chi connectivity index (χ2v) is 8.83. The van der Waals surface area contributed by atoms with Gasteiger partial charge in [-0.1, -0.05) is 25.1 Å². The van der Waals surface area contributed by atoms with Crippen LogP contribution in [0.1, 0.15) is 50.2 Å². The molecule has 1 heterocycles. The molecule has 1 aliphatic heterocycles. The molecule has 1 aromatic carbocycles. The van der Waals surface area contributed by atoms with Crippen LogP contribution in [0.5, 0.6) is 0 Å². The summed E-state index contributed by atoms with van der Waals surface area (Å²) in [6, 6.07) is 5.98. The zero-order chi connectivity index (χ0) is 22.2. The molecule has 1 fully saturated rings. The van der Waals surface area contributed by atoms with Crippen molar-refractivity contribution in [2.45, 2.75) is 52.9 Å². The van der Waals surface area contributed by atoms with E-state index in [0.717, 1.165) is 63.2 Å². The van der Waals surface area contributed by atoms with E-state index in [1.807, 2.05) is 24.0 Å². The van der Waals surface area contributed by atoms with E-state index in [1.54, 1.807) is 0 Å². The molecule has 2 amide bonds. The van der Waals surface area contributed by atoms with Crippen LogP contribution in [-0.2, 0) is 9.59 Å². The first-order chi connectivity index (χ1) is 15.0. The van der Waals surface area contributed by atoms with Gasteiger partial charge >= 0.3 is 0 Å². The van der Waals surface area contributed by atoms with Gasteiger partial charge in [-0.05, 0) is 63.1 Å². The Bertz CT molecular complexity index is 797. The summed E-state index contributed by atoms with van der Waals surface area (Å²) in [4.78, 5) is 31.9. The van der Waals surface area contributed by atoms with Gasteiger partial charge in [-0.2, -0.15) is 0 Å². The van der Waals surface area contributed by atoms with Gasteiger partial charge in [0.2, 0.25) is 11.8 Å². The fraction of sp³-hybridized carbons (Fsp3) is 0.600. The lowest BCUT2D eigenvalue weighted by Gasteiger charge is -2.35. The van der Waals surface area contributed by atoms with Crippen LogP contribution >= 0.6 is 0 Å². The van der Waals surface area contributed by atoms with Gasteiger partial charge in [0.25, 0.3) is 0 Å². The number of carbonyl (C=O) groups is 2. The van der Waals surface area contributed by atoms with Crippen LogP contribution in [0.3, 0.4) is 0 Å². The van der Waals surface area contributed by atoms with Crippen LogP contribution in [0, 0.1) is 13.8 Å². The zero-order valence-corrected chi connectivity index (χ0v) is 19.5. The molecule has 0 bridgehead atoms. The molecule has 2 aliphatic rings. The van der Waals surface area contributed by atoms with E-state index in [2.05, 4.69) is 41.1 Å². The minimum atomic E-state index is 0.0246. The summed E-state index contributed by atoms with van der Waals surface area (Å²) in [6.45, 7) is 11.2. The molecular weight excluding hydrogens is 388 g/mol. The molecule has 1 saturated heterocycles. The number of allylic oxidation sites excluding steroid dienone is 2. The molecule has 1 N–H and O–H groups in total. The summed E-state index contributed by atoms with van der Waals surface area (Å²) in [7, 11) is 0. The second-order valence-electron chi connectivity index (χ2n) is 8.83. The standard InChI is InChI=1S/C25H38N4O2/c1-4-13-29(22-10-6-5-7-11-22)25(31)19-28-16-14-27(15-17-28)18-24(30)26-23-12-8-9-20(2)21(23)3/h8-10,12H,4-7,11,13-19H2,1-3H3,(H,26,30). The van der Waals surface area contributed by atoms with Crippen molar-refractivity contribution in [3.05, 3.63) is 41.1 Å². The maximum absolute atomic E-state index is 13.0. The van der Waals surface area contributed by atoms with Gasteiger partial charge in [0.05, 0.1) is 13.1 Å². The van der Waals surface area contributed by atoms with Crippen molar-refractivity contribution in [1.29, 1.82) is 0 Å². The number of benzene rings is 1. The fourth-order valence-corrected chi connectivity index (χ4v) is 4.38. The zero-order valence-electron chi connectivity index (χ0n) is 19.5. The number of anilines is 1. The number of piperazine rings is 1. The summed E-state index contributed by atoms with van der Waals surface area (Å²) < 4.78 is 0. The maximum atomic E-state index is 13.0. The third-order valence-corrected chi connectivity index (χ3v) is 6.43. The molecule has 0 spiro atoms. The quantitative estimate of drug-likeness (QED) is 0.691. The minimum absolute atomic E-state index is 0.0246. The Morgan fingerprint density at radius 1 is 1.03 bits per heavy atom. The lowest BCUT2D eigenvalue weighted by molar-refractivity contribution is -0.131. The van der Waals surface area contributed by atoms with E-state index in [4.69, 9.17) is 0 Å². The SMILES string of the molecule is CCCN(C(=O)CN1CCN(CC(=O)Nc2cccc(C)c2C)CC1)C1=CCCCC1. The van der Waals surface area contributed by atoms with Crippen LogP contribution in [0.25, 0.3) is 0 Å². The number of nitrogens with zero attached hydrogens (tertiary/aromatic N) is 3. The average Bonchev–Trinajstić information content (AvgIpc) is 2.77. The normalized spacial score (nSPS) is 17.8. The summed E-state index contributed by atoms with van der Waals surface area (Å²) in [6.07, 6.45) is 7.76. The molecular formula is C25H38N4O2. The smallest absolute Gasteiger partial charge is 0.240 e. The Kier molecular flexibility index (Phi) is 8.67. The Morgan fingerprint density at radius 2 is 1.74 bits per heavy atom. The summed E-state index contributed by atoms with van der Waals surface area (Å²) in [5, 5.41) is 3.05. The molecule has 1 aliphatic carbocycles. The lowest BCUT2D eigenvalue weighted by Crippen LogP contribution is -2.51. The van der Waals surface area contributed by atoms with Crippen molar-refractivity contribution in [3.8, 4) is 0 Å². The molecule has 0 aromatic heterocycles. The highest BCUT2D eigenvalue weighted by Crippen LogP contribution is 2.22. The highest BCUT2D eigenvalue weighted by molar-refractivity contribution is 5.93. The molecule has 1 aromatic rings. The van der Waals surface area contributed by atoms with Crippen molar-refractivity contribution < 1.29 is 9.59 Å². The molecule has 0 radical (unpaired) electrons. The fourth-order valence-electron chi connectivity index (χ4n) is 4.38. The third kappa shape index (κ3) is 6.65. The van der Waals surface area contributed by atoms with Gasteiger partial charge in [-0.3, -0.25) is 19.4 Å². The molecule has 6 heteroatoms. The Morgan fingerprint density at radius 3 is 2.39 bits per heavy atom. The van der Waals surface area contributed by atoms with Gasteiger partial charge in [-0.15, -0.1) is 0 Å². The van der Waals surface area contributed by atoms with Gasteiger partial charge in [-0.25, -0.2) is 0 Å². The van der Waals surface area contributed by atoms with Gasteiger partial charge < -0.3 is 10.2 Å². The van der Waals surface area contributed by atoms with Crippen LogP contribution < -0.4 is 5.32 Å². The first-order valence-corrected chi connectivity index (χ1v) is 11.8. The van der Waals surface area contributed by atoms with E-state index in [1.165, 1.54) is 24.1 Å². The van der Waals surface area contributed by atoms with Crippen LogP contribution in [0.2, 0.25) is 0 Å². The molecule has 6 nitrogen and oxygen atoms in total. The second kappa shape index (κ2) is 11.4. The van der Waals surface area contributed by atoms with E-state index in [-0.39, 0.29) is 11.8 Å². The van der Waals surface area contributed by atoms with E-state index in [9.17, 15) is 9.59 Å². The first-order valence-electron chi connectivity index (χ1n) is 11.8. The largest absolute Gasteiger partial charge is 0.325 e. The Labute approximate surface area is 187 Å². The number of rotatable bonds is 8. The van der Waals surface area contributed by atoms with E-state index < -0.39 is 0 Å². The molecule has 0 saturated carbocycles. The molecule has 0 atom stereocenters. The number of carbonyl (C=O) groups excluding carboxylic acids is 2. The summed E-state index contributed by atoms with van der Waals surface area (Å²) >= 11 is 0. The monoisotopic (exact) mass is 426 g/mol. The highest BCUT2D eigenvalue weighted by Gasteiger charge is 2.24. The topological polar surface area (TPSA) is 55.9 Å². The van der Waals surface area contributed by atoms with Crippen molar-refractivity contribution in [2.24, 2.45) is 0 Å². The number of nitrogens with one attached hydrogen (secondary N) is 1. The van der Waals surface area contributed by atoms with Crippen LogP contribution in [0.15, 0.2) is 30.0 Å². The van der Waals surface area contributed by atoms with E-state index in [0.29, 0.717) is 13.1 Å². The summed E-state index contributed by atoms with van der Waals surface area (Å²) in [5.41, 5.74) is 4.41. The third-order valence-electron chi connectivity index (χ3n) is 6.43. The number of amides is 2. The molecule has 3 rings (SSSR count).